The van der Waals surface area contributed by atoms with Crippen molar-refractivity contribution in [1.29, 1.82) is 0 Å². The van der Waals surface area contributed by atoms with E-state index in [0.717, 1.165) is 0 Å². The Labute approximate surface area is 144 Å². The van der Waals surface area contributed by atoms with Crippen molar-refractivity contribution in [1.82, 2.24) is 5.32 Å². The second-order valence-electron chi connectivity index (χ2n) is 5.14. The van der Waals surface area contributed by atoms with E-state index in [9.17, 15) is 14.0 Å². The maximum atomic E-state index is 13.1. The van der Waals surface area contributed by atoms with E-state index in [1.807, 2.05) is 0 Å². The molecule has 0 bridgehead atoms. The minimum absolute atomic E-state index is 0.0632. The Bertz CT molecular complexity index is 767. The Morgan fingerprint density at radius 3 is 2.54 bits per heavy atom. The van der Waals surface area contributed by atoms with Crippen molar-refractivity contribution in [3.05, 3.63) is 58.9 Å². The lowest BCUT2D eigenvalue weighted by atomic mass is 10.1. The van der Waals surface area contributed by atoms with Gasteiger partial charge in [0.25, 0.3) is 5.91 Å². The van der Waals surface area contributed by atoms with Gasteiger partial charge in [-0.15, -0.1) is 0 Å². The highest BCUT2D eigenvalue weighted by Crippen LogP contribution is 2.20. The number of nitrogens with one attached hydrogen (secondary N) is 3. The van der Waals surface area contributed by atoms with Crippen LogP contribution in [-0.4, -0.2) is 24.9 Å². The van der Waals surface area contributed by atoms with Crippen LogP contribution < -0.4 is 16.0 Å². The first kappa shape index (κ1) is 17.7. The van der Waals surface area contributed by atoms with Gasteiger partial charge in [0.2, 0.25) is 5.91 Å². The third kappa shape index (κ3) is 4.45. The summed E-state index contributed by atoms with van der Waals surface area (Å²) < 4.78 is 13.1. The smallest absolute Gasteiger partial charge is 0.251 e. The summed E-state index contributed by atoms with van der Waals surface area (Å²) in [5.41, 5.74) is 1.52. The van der Waals surface area contributed by atoms with Crippen LogP contribution in [0.25, 0.3) is 0 Å². The van der Waals surface area contributed by atoms with Gasteiger partial charge in [-0.1, -0.05) is 17.7 Å². The van der Waals surface area contributed by atoms with Crippen LogP contribution in [0.1, 0.15) is 17.3 Å². The zero-order valence-electron chi connectivity index (χ0n) is 13.2. The van der Waals surface area contributed by atoms with Crippen LogP contribution in [0.2, 0.25) is 5.02 Å². The molecule has 2 aromatic carbocycles. The Morgan fingerprint density at radius 1 is 1.12 bits per heavy atom. The van der Waals surface area contributed by atoms with Gasteiger partial charge >= 0.3 is 0 Å². The molecule has 126 valence electrons. The van der Waals surface area contributed by atoms with Crippen LogP contribution >= 0.6 is 11.6 Å². The van der Waals surface area contributed by atoms with Gasteiger partial charge in [0.15, 0.2) is 0 Å². The van der Waals surface area contributed by atoms with E-state index in [0.29, 0.717) is 16.9 Å². The van der Waals surface area contributed by atoms with Crippen molar-refractivity contribution in [2.45, 2.75) is 13.0 Å². The number of halogens is 2. The molecule has 1 atom stereocenters. The minimum Gasteiger partial charge on any atom is -0.374 e. The SMILES string of the molecule is CNC(=O)c1cccc(NC(C)C(=O)Nc2ccc(F)c(Cl)c2)c1. The number of anilines is 2. The minimum atomic E-state index is -0.575. The zero-order chi connectivity index (χ0) is 17.7. The molecule has 2 amide bonds. The fourth-order valence-electron chi connectivity index (χ4n) is 2.03. The molecule has 0 saturated heterocycles. The molecule has 2 rings (SSSR count). The topological polar surface area (TPSA) is 70.2 Å². The van der Waals surface area contributed by atoms with Crippen LogP contribution in [0, 0.1) is 5.82 Å². The van der Waals surface area contributed by atoms with E-state index in [1.165, 1.54) is 18.2 Å². The van der Waals surface area contributed by atoms with Crippen LogP contribution in [-0.2, 0) is 4.79 Å². The lowest BCUT2D eigenvalue weighted by molar-refractivity contribution is -0.116. The van der Waals surface area contributed by atoms with Gasteiger partial charge in [0.05, 0.1) is 5.02 Å². The van der Waals surface area contributed by atoms with E-state index in [2.05, 4.69) is 16.0 Å². The molecule has 5 nitrogen and oxygen atoms in total. The van der Waals surface area contributed by atoms with Crippen LogP contribution in [0.4, 0.5) is 15.8 Å². The molecular formula is C17H17ClFN3O2. The predicted molar refractivity (Wildman–Crippen MR) is 93.0 cm³/mol. The molecule has 0 aliphatic rings. The van der Waals surface area contributed by atoms with E-state index >= 15 is 0 Å². The maximum absolute atomic E-state index is 13.1. The summed E-state index contributed by atoms with van der Waals surface area (Å²) in [5.74, 6) is -1.08. The average Bonchev–Trinajstić information content (AvgIpc) is 2.57. The standard InChI is InChI=1S/C17H17ClFN3O2/c1-10(16(23)22-13-6-7-15(19)14(18)9-13)21-12-5-3-4-11(8-12)17(24)20-2/h3-10,21H,1-2H3,(H,20,24)(H,22,23). The first-order valence-electron chi connectivity index (χ1n) is 7.25. The van der Waals surface area contributed by atoms with Gasteiger partial charge < -0.3 is 16.0 Å². The number of carbonyl (C=O) groups excluding carboxylic acids is 2. The molecule has 0 spiro atoms. The fourth-order valence-corrected chi connectivity index (χ4v) is 2.22. The van der Waals surface area contributed by atoms with E-state index in [-0.39, 0.29) is 16.8 Å². The number of hydrogen-bond donors (Lipinski definition) is 3. The van der Waals surface area contributed by atoms with Crippen molar-refractivity contribution >= 4 is 34.8 Å². The molecule has 0 heterocycles. The van der Waals surface area contributed by atoms with E-state index in [1.54, 1.807) is 38.2 Å². The molecular weight excluding hydrogens is 333 g/mol. The molecule has 0 aliphatic carbocycles. The molecule has 0 radical (unpaired) electrons. The molecule has 0 saturated carbocycles. The Hall–Kier alpha value is -2.60. The van der Waals surface area contributed by atoms with Crippen molar-refractivity contribution in [2.24, 2.45) is 0 Å². The summed E-state index contributed by atoms with van der Waals surface area (Å²) in [6.45, 7) is 1.67. The van der Waals surface area contributed by atoms with Gasteiger partial charge in [0.1, 0.15) is 11.9 Å². The summed E-state index contributed by atoms with van der Waals surface area (Å²) >= 11 is 5.69. The quantitative estimate of drug-likeness (QED) is 0.775. The molecule has 0 aromatic heterocycles. The van der Waals surface area contributed by atoms with Crippen molar-refractivity contribution in [3.8, 4) is 0 Å². The lowest BCUT2D eigenvalue weighted by Crippen LogP contribution is -2.32. The summed E-state index contributed by atoms with van der Waals surface area (Å²) in [6.07, 6.45) is 0. The third-order valence-electron chi connectivity index (χ3n) is 3.32. The van der Waals surface area contributed by atoms with Crippen LogP contribution in [0.3, 0.4) is 0 Å². The highest BCUT2D eigenvalue weighted by atomic mass is 35.5. The van der Waals surface area contributed by atoms with Crippen molar-refractivity contribution in [3.63, 3.8) is 0 Å². The summed E-state index contributed by atoms with van der Waals surface area (Å²) in [4.78, 5) is 23.8. The second-order valence-corrected chi connectivity index (χ2v) is 5.55. The zero-order valence-corrected chi connectivity index (χ0v) is 13.9. The monoisotopic (exact) mass is 349 g/mol. The summed E-state index contributed by atoms with van der Waals surface area (Å²) in [7, 11) is 1.55. The van der Waals surface area contributed by atoms with Crippen LogP contribution in [0.15, 0.2) is 42.5 Å². The van der Waals surface area contributed by atoms with E-state index < -0.39 is 11.9 Å². The summed E-state index contributed by atoms with van der Waals surface area (Å²) in [6, 6.07) is 10.2. The highest BCUT2D eigenvalue weighted by molar-refractivity contribution is 6.31. The molecule has 7 heteroatoms. The Balaban J connectivity index is 2.03. The van der Waals surface area contributed by atoms with E-state index in [4.69, 9.17) is 11.6 Å². The fraction of sp³-hybridized carbons (Fsp3) is 0.176. The van der Waals surface area contributed by atoms with Crippen LogP contribution in [0.5, 0.6) is 0 Å². The summed E-state index contributed by atoms with van der Waals surface area (Å²) in [5, 5.41) is 8.13. The van der Waals surface area contributed by atoms with Gasteiger partial charge in [0, 0.05) is 24.0 Å². The van der Waals surface area contributed by atoms with Crippen molar-refractivity contribution in [2.75, 3.05) is 17.7 Å². The largest absolute Gasteiger partial charge is 0.374 e. The Kier molecular flexibility index (Phi) is 5.76. The molecule has 1 unspecified atom stereocenters. The average molecular weight is 350 g/mol. The first-order chi connectivity index (χ1) is 11.4. The Morgan fingerprint density at radius 2 is 1.88 bits per heavy atom. The number of carbonyl (C=O) groups is 2. The molecule has 0 fully saturated rings. The molecule has 0 aliphatic heterocycles. The predicted octanol–water partition coefficient (Wildman–Crippen LogP) is 3.28. The van der Waals surface area contributed by atoms with Gasteiger partial charge in [-0.05, 0) is 43.3 Å². The first-order valence-corrected chi connectivity index (χ1v) is 7.63. The lowest BCUT2D eigenvalue weighted by Gasteiger charge is -2.16. The third-order valence-corrected chi connectivity index (χ3v) is 3.61. The van der Waals surface area contributed by atoms with Crippen molar-refractivity contribution < 1.29 is 14.0 Å². The molecule has 3 N–H and O–H groups in total. The van der Waals surface area contributed by atoms with Gasteiger partial charge in [-0.3, -0.25) is 9.59 Å². The number of amides is 2. The highest BCUT2D eigenvalue weighted by Gasteiger charge is 2.14. The maximum Gasteiger partial charge on any atom is 0.251 e. The number of hydrogen-bond acceptors (Lipinski definition) is 3. The van der Waals surface area contributed by atoms with Gasteiger partial charge in [-0.25, -0.2) is 4.39 Å². The normalized spacial score (nSPS) is 11.5. The molecule has 24 heavy (non-hydrogen) atoms. The number of benzene rings is 2. The molecule has 2 aromatic rings. The van der Waals surface area contributed by atoms with Gasteiger partial charge in [-0.2, -0.15) is 0 Å². The number of rotatable bonds is 5. The second kappa shape index (κ2) is 7.79.